The van der Waals surface area contributed by atoms with Crippen LogP contribution in [0.5, 0.6) is 5.75 Å². The molecule has 3 aromatic rings. The molecule has 5 N–H and O–H groups in total. The van der Waals surface area contributed by atoms with Gasteiger partial charge in [-0.15, -0.1) is 0 Å². The van der Waals surface area contributed by atoms with Crippen molar-refractivity contribution in [3.8, 4) is 5.75 Å². The van der Waals surface area contributed by atoms with E-state index in [-0.39, 0.29) is 94.4 Å². The Morgan fingerprint density at radius 2 is 1.37 bits per heavy atom. The minimum absolute atomic E-state index is 0. The first-order chi connectivity index (χ1) is 32.0. The van der Waals surface area contributed by atoms with Crippen molar-refractivity contribution in [3.05, 3.63) is 136 Å². The number of hydrogen-bond acceptors (Lipinski definition) is 12. The third-order valence-corrected chi connectivity index (χ3v) is 16.0. The molecule has 0 saturated heterocycles. The summed E-state index contributed by atoms with van der Waals surface area (Å²) in [4.78, 5) is 15.3. The maximum Gasteiger partial charge on any atom is 1.00 e. The first-order valence-electron chi connectivity index (χ1n) is 22.2. The number of carbonyl (C=O) groups excluding carboxylic acids is 1. The van der Waals surface area contributed by atoms with Crippen LogP contribution in [0.15, 0.2) is 130 Å². The zero-order valence-corrected chi connectivity index (χ0v) is 46.4. The summed E-state index contributed by atoms with van der Waals surface area (Å²) in [5.41, 5.74) is 4.31. The number of anilines is 2. The number of carbonyl (C=O) groups is 1. The number of allylic oxidation sites excluding steroid dienone is 6. The molecule has 22 heteroatoms. The fourth-order valence-electron chi connectivity index (χ4n) is 9.17. The van der Waals surface area contributed by atoms with Gasteiger partial charge >= 0.3 is 51.4 Å². The molecule has 0 aromatic heterocycles. The van der Waals surface area contributed by atoms with E-state index < -0.39 is 68.9 Å². The second-order valence-corrected chi connectivity index (χ2v) is 24.6. The van der Waals surface area contributed by atoms with Gasteiger partial charge in [0.05, 0.1) is 27.3 Å². The maximum absolute atomic E-state index is 12.3. The van der Waals surface area contributed by atoms with Gasteiger partial charge in [0.15, 0.2) is 0 Å². The third-order valence-electron chi connectivity index (χ3n) is 12.7. The molecule has 6 rings (SSSR count). The smallest absolute Gasteiger partial charge is 1.00 e. The van der Waals surface area contributed by atoms with Crippen LogP contribution in [-0.2, 0) is 62.5 Å². The monoisotopic (exact) mass is 1070 g/mol. The van der Waals surface area contributed by atoms with Gasteiger partial charge in [-0.2, -0.15) is 33.7 Å². The van der Waals surface area contributed by atoms with E-state index in [0.717, 1.165) is 16.7 Å². The van der Waals surface area contributed by atoms with E-state index in [1.807, 2.05) is 86.1 Å². The summed E-state index contributed by atoms with van der Waals surface area (Å²) in [5.74, 6) is -0.234. The Labute approximate surface area is 455 Å². The van der Waals surface area contributed by atoms with E-state index in [1.54, 1.807) is 19.1 Å². The van der Waals surface area contributed by atoms with Crippen molar-refractivity contribution in [2.75, 3.05) is 40.9 Å². The van der Waals surface area contributed by atoms with E-state index in [2.05, 4.69) is 11.9 Å². The SMILES string of the molecule is C=C(C)C(=O)NCCc1ccc(OC2=C(C=CC3N(CCCS(=O)(=O)O)c4ccc(S(=O)(=O)O)cc4C3(C)C)CCCC2=CC=C2N(CCCS(=O)(=O)O)c3ccc(S(=O)(=O)O)cc3C2(C)C)cc1.[H-].[K+]. The van der Waals surface area contributed by atoms with Crippen molar-refractivity contribution in [3.63, 3.8) is 0 Å². The molecule has 0 spiro atoms. The number of nitrogens with zero attached hydrogens (tertiary/aromatic N) is 2. The number of rotatable bonds is 19. The van der Waals surface area contributed by atoms with Crippen molar-refractivity contribution in [1.82, 2.24) is 5.32 Å². The Bertz CT molecular complexity index is 3120. The molecule has 1 atom stereocenters. The standard InChI is InChI=1S/C48H59N3O14S4.K.H/c1-32(2)46(52)49-25-24-33-12-16-36(17-13-33)65-45-34(14-22-43-47(3,4)39-30-37(68(59,60)61)18-20-41(39)50(43)26-8-28-66(53,54)55)10-7-11-35(45)15-23-44-48(5,6)40-31-38(69(62,63)64)19-21-42(40)51(44)27-9-29-67(56,57)58;;/h12-23,30-31,43H,1,7-11,24-29H2,2-6H3,(H,49,52)(H,53,54,55)(H,56,57,58)(H,59,60,61)(H,62,63,64);;/q;+1;-1. The van der Waals surface area contributed by atoms with E-state index in [4.69, 9.17) is 4.74 Å². The zero-order valence-electron chi connectivity index (χ0n) is 41.0. The van der Waals surface area contributed by atoms with Gasteiger partial charge in [0.25, 0.3) is 40.5 Å². The second kappa shape index (κ2) is 22.3. The van der Waals surface area contributed by atoms with Crippen LogP contribution in [-0.4, -0.2) is 95.0 Å². The van der Waals surface area contributed by atoms with Crippen LogP contribution in [0.3, 0.4) is 0 Å². The first kappa shape index (κ1) is 57.4. The Morgan fingerprint density at radius 3 is 1.94 bits per heavy atom. The van der Waals surface area contributed by atoms with Gasteiger partial charge in [0.2, 0.25) is 5.91 Å². The molecule has 3 aromatic carbocycles. The normalized spacial score (nSPS) is 19.1. The second-order valence-electron chi connectivity index (χ2n) is 18.6. The summed E-state index contributed by atoms with van der Waals surface area (Å²) in [5, 5.41) is 2.82. The quantitative estimate of drug-likeness (QED) is 0.0639. The largest absolute Gasteiger partial charge is 1.00 e. The van der Waals surface area contributed by atoms with Crippen LogP contribution in [0.1, 0.15) is 84.8 Å². The van der Waals surface area contributed by atoms with Gasteiger partial charge in [0.1, 0.15) is 11.5 Å². The molecule has 1 unspecified atom stereocenters. The van der Waals surface area contributed by atoms with E-state index >= 15 is 0 Å². The average Bonchev–Trinajstić information content (AvgIpc) is 3.58. The van der Waals surface area contributed by atoms with Crippen molar-refractivity contribution in [2.45, 2.75) is 99.8 Å². The first-order valence-corrected chi connectivity index (χ1v) is 28.3. The molecule has 0 fully saturated rings. The Balaban J connectivity index is 0.00000548. The number of fused-ring (bicyclic) bond motifs is 2. The Kier molecular flexibility index (Phi) is 18.3. The van der Waals surface area contributed by atoms with Crippen molar-refractivity contribution in [1.29, 1.82) is 0 Å². The summed E-state index contributed by atoms with van der Waals surface area (Å²) in [6, 6.07) is 15.4. The molecule has 1 aliphatic carbocycles. The van der Waals surface area contributed by atoms with Crippen LogP contribution in [0.4, 0.5) is 11.4 Å². The van der Waals surface area contributed by atoms with Crippen LogP contribution >= 0.6 is 0 Å². The molecular formula is C48H60KN3O14S4. The molecule has 0 saturated carbocycles. The number of amides is 1. The van der Waals surface area contributed by atoms with E-state index in [9.17, 15) is 56.7 Å². The maximum atomic E-state index is 12.3. The van der Waals surface area contributed by atoms with Crippen LogP contribution in [0, 0.1) is 0 Å². The number of nitrogens with one attached hydrogen (secondary N) is 1. The summed E-state index contributed by atoms with van der Waals surface area (Å²) in [7, 11) is -17.7. The van der Waals surface area contributed by atoms with Gasteiger partial charge < -0.3 is 21.3 Å². The Morgan fingerprint density at radius 1 is 0.800 bits per heavy atom. The van der Waals surface area contributed by atoms with Crippen LogP contribution < -0.4 is 71.2 Å². The zero-order chi connectivity index (χ0) is 50.9. The minimum atomic E-state index is -4.57. The Hall–Kier alpha value is -3.49. The predicted octanol–water partition coefficient (Wildman–Crippen LogP) is 4.23. The molecule has 0 radical (unpaired) electrons. The molecule has 2 aliphatic heterocycles. The van der Waals surface area contributed by atoms with Crippen molar-refractivity contribution >= 4 is 57.8 Å². The van der Waals surface area contributed by atoms with Gasteiger partial charge in [-0.3, -0.25) is 23.0 Å². The molecule has 3 aliphatic rings. The molecule has 0 bridgehead atoms. The number of ether oxygens (including phenoxy) is 1. The number of hydrogen-bond donors (Lipinski definition) is 5. The molecule has 17 nitrogen and oxygen atoms in total. The summed E-state index contributed by atoms with van der Waals surface area (Å²) < 4.78 is 142. The summed E-state index contributed by atoms with van der Waals surface area (Å²) in [6.45, 7) is 13.6. The van der Waals surface area contributed by atoms with Gasteiger partial charge in [0, 0.05) is 53.1 Å². The van der Waals surface area contributed by atoms with Crippen molar-refractivity contribution < 1.29 is 114 Å². The van der Waals surface area contributed by atoms with Gasteiger partial charge in [-0.1, -0.05) is 64.6 Å². The van der Waals surface area contributed by atoms with Crippen LogP contribution in [0.25, 0.3) is 0 Å². The minimum Gasteiger partial charge on any atom is -1.00 e. The number of benzene rings is 3. The van der Waals surface area contributed by atoms with Crippen LogP contribution in [0.2, 0.25) is 0 Å². The third kappa shape index (κ3) is 14.0. The molecule has 70 heavy (non-hydrogen) atoms. The molecule has 376 valence electrons. The van der Waals surface area contributed by atoms with Gasteiger partial charge in [-0.05, 0) is 128 Å². The molecule has 2 heterocycles. The summed E-state index contributed by atoms with van der Waals surface area (Å²) >= 11 is 0. The topological polar surface area (TPSA) is 262 Å². The predicted molar refractivity (Wildman–Crippen MR) is 265 cm³/mol. The molecular weight excluding hydrogens is 1010 g/mol. The van der Waals surface area contributed by atoms with E-state index in [1.165, 1.54) is 24.3 Å². The van der Waals surface area contributed by atoms with Crippen molar-refractivity contribution in [2.24, 2.45) is 0 Å². The fraction of sp³-hybridized carbons (Fsp3) is 0.396. The average molecular weight is 1070 g/mol. The van der Waals surface area contributed by atoms with E-state index in [0.29, 0.717) is 77.5 Å². The molecule has 1 amide bonds. The fourth-order valence-corrected chi connectivity index (χ4v) is 11.2. The van der Waals surface area contributed by atoms with Gasteiger partial charge in [-0.25, -0.2) is 0 Å². The summed E-state index contributed by atoms with van der Waals surface area (Å²) in [6.07, 6.45) is 10.1.